The molecule has 0 heterocycles. The van der Waals surface area contributed by atoms with Gasteiger partial charge in [0, 0.05) is 22.3 Å². The van der Waals surface area contributed by atoms with Gasteiger partial charge in [0.2, 0.25) is 5.91 Å². The summed E-state index contributed by atoms with van der Waals surface area (Å²) >= 11 is 0. The van der Waals surface area contributed by atoms with Crippen molar-refractivity contribution in [2.45, 2.75) is 50.8 Å². The lowest BCUT2D eigenvalue weighted by molar-refractivity contribution is -0.122. The highest BCUT2D eigenvalue weighted by molar-refractivity contribution is 8.13. The van der Waals surface area contributed by atoms with Gasteiger partial charge in [-0.2, -0.15) is 0 Å². The fraction of sp³-hybridized carbons (Fsp3) is 0.533. The Balaban J connectivity index is 2.41. The molecule has 1 aliphatic rings. The normalized spacial score (nSPS) is 15.6. The zero-order chi connectivity index (χ0) is 15.6. The van der Waals surface area contributed by atoms with Gasteiger partial charge < -0.3 is 5.32 Å². The molecule has 1 N–H and O–H groups in total. The van der Waals surface area contributed by atoms with Crippen LogP contribution < -0.4 is 5.32 Å². The summed E-state index contributed by atoms with van der Waals surface area (Å²) in [6, 6.07) is 3.11. The molecule has 0 unspecified atom stereocenters. The Hall–Kier alpha value is -1.07. The Kier molecular flexibility index (Phi) is 4.94. The first-order valence-electron chi connectivity index (χ1n) is 7.28. The summed E-state index contributed by atoms with van der Waals surface area (Å²) in [6.07, 6.45) is 4.23. The number of carbonyl (C=O) groups is 1. The average Bonchev–Trinajstić information content (AvgIpc) is 2.35. The molecule has 1 aromatic carbocycles. The van der Waals surface area contributed by atoms with E-state index in [0.29, 0.717) is 12.8 Å². The van der Waals surface area contributed by atoms with E-state index >= 15 is 0 Å². The molecule has 0 atom stereocenters. The van der Waals surface area contributed by atoms with Crippen LogP contribution in [-0.4, -0.2) is 14.3 Å². The van der Waals surface area contributed by atoms with Gasteiger partial charge in [0.15, 0.2) is 0 Å². The molecule has 0 spiro atoms. The second-order valence-electron chi connectivity index (χ2n) is 5.38. The van der Waals surface area contributed by atoms with Gasteiger partial charge in [0.25, 0.3) is 9.05 Å². The molecule has 1 saturated carbocycles. The van der Waals surface area contributed by atoms with Crippen LogP contribution in [0, 0.1) is 5.92 Å². The van der Waals surface area contributed by atoms with Crippen LogP contribution in [0.5, 0.6) is 0 Å². The van der Waals surface area contributed by atoms with Crippen molar-refractivity contribution in [3.05, 3.63) is 23.3 Å². The first kappa shape index (κ1) is 16.3. The average molecular weight is 330 g/mol. The smallest absolute Gasteiger partial charge is 0.261 e. The number of nitrogens with one attached hydrogen (secondary N) is 1. The van der Waals surface area contributed by atoms with E-state index in [1.165, 1.54) is 0 Å². The molecule has 1 aliphatic carbocycles. The Morgan fingerprint density at radius 1 is 1.24 bits per heavy atom. The van der Waals surface area contributed by atoms with Crippen LogP contribution >= 0.6 is 10.7 Å². The maximum absolute atomic E-state index is 12.2. The summed E-state index contributed by atoms with van der Waals surface area (Å²) in [6.45, 7) is 3.86. The van der Waals surface area contributed by atoms with Crippen LogP contribution in [0.1, 0.15) is 44.2 Å². The summed E-state index contributed by atoms with van der Waals surface area (Å²) < 4.78 is 23.1. The van der Waals surface area contributed by atoms with Gasteiger partial charge in [-0.05, 0) is 48.9 Å². The van der Waals surface area contributed by atoms with Crippen molar-refractivity contribution in [1.82, 2.24) is 0 Å². The molecule has 2 rings (SSSR count). The van der Waals surface area contributed by atoms with Crippen LogP contribution in [0.3, 0.4) is 0 Å². The summed E-state index contributed by atoms with van der Waals surface area (Å²) in [7, 11) is 1.68. The van der Waals surface area contributed by atoms with E-state index in [1.807, 2.05) is 13.8 Å². The summed E-state index contributed by atoms with van der Waals surface area (Å²) in [4.78, 5) is 12.3. The fourth-order valence-electron chi connectivity index (χ4n) is 2.49. The number of aryl methyl sites for hydroxylation is 2. The quantitative estimate of drug-likeness (QED) is 0.841. The molecule has 0 radical (unpaired) electrons. The lowest BCUT2D eigenvalue weighted by atomic mass is 9.84. The first-order chi connectivity index (χ1) is 9.86. The number of halogens is 1. The zero-order valence-corrected chi connectivity index (χ0v) is 13.9. The van der Waals surface area contributed by atoms with Crippen molar-refractivity contribution in [3.8, 4) is 0 Å². The number of amides is 1. The van der Waals surface area contributed by atoms with E-state index in [9.17, 15) is 13.2 Å². The van der Waals surface area contributed by atoms with Gasteiger partial charge >= 0.3 is 0 Å². The van der Waals surface area contributed by atoms with E-state index in [1.54, 1.807) is 12.1 Å². The van der Waals surface area contributed by atoms with E-state index in [0.717, 1.165) is 36.1 Å². The predicted octanol–water partition coefficient (Wildman–Crippen LogP) is 3.48. The number of benzene rings is 1. The summed E-state index contributed by atoms with van der Waals surface area (Å²) in [5.41, 5.74) is 2.36. The molecule has 1 fully saturated rings. The standard InChI is InChI=1S/C15H20ClNO3S/c1-3-10-8-13(21(16,19)20)9-11(4-2)14(10)17-15(18)12-6-5-7-12/h8-9,12H,3-7H2,1-2H3,(H,17,18). The number of hydrogen-bond donors (Lipinski definition) is 1. The molecule has 0 aromatic heterocycles. The second-order valence-corrected chi connectivity index (χ2v) is 7.94. The number of carbonyl (C=O) groups excluding carboxylic acids is 1. The molecule has 1 aromatic rings. The maximum Gasteiger partial charge on any atom is 0.261 e. The third kappa shape index (κ3) is 3.58. The highest BCUT2D eigenvalue weighted by atomic mass is 35.7. The van der Waals surface area contributed by atoms with Gasteiger partial charge in [-0.15, -0.1) is 0 Å². The van der Waals surface area contributed by atoms with Gasteiger partial charge in [0.05, 0.1) is 4.90 Å². The second kappa shape index (κ2) is 6.36. The van der Waals surface area contributed by atoms with Crippen LogP contribution in [0.25, 0.3) is 0 Å². The maximum atomic E-state index is 12.2. The minimum absolute atomic E-state index is 0.0344. The van der Waals surface area contributed by atoms with E-state index in [-0.39, 0.29) is 16.7 Å². The van der Waals surface area contributed by atoms with Gasteiger partial charge in [0.1, 0.15) is 0 Å². The fourth-order valence-corrected chi connectivity index (χ4v) is 3.32. The molecule has 0 saturated heterocycles. The Labute approximate surface area is 130 Å². The molecule has 1 amide bonds. The van der Waals surface area contributed by atoms with Crippen molar-refractivity contribution in [2.75, 3.05) is 5.32 Å². The number of rotatable bonds is 5. The Morgan fingerprint density at radius 3 is 2.10 bits per heavy atom. The third-order valence-corrected chi connectivity index (χ3v) is 5.38. The third-order valence-electron chi connectivity index (χ3n) is 4.04. The summed E-state index contributed by atoms with van der Waals surface area (Å²) in [5, 5.41) is 2.98. The van der Waals surface area contributed by atoms with Crippen LogP contribution in [0.15, 0.2) is 17.0 Å². The van der Waals surface area contributed by atoms with Gasteiger partial charge in [-0.25, -0.2) is 8.42 Å². The van der Waals surface area contributed by atoms with E-state index < -0.39 is 9.05 Å². The van der Waals surface area contributed by atoms with Gasteiger partial charge in [-0.3, -0.25) is 4.79 Å². The summed E-state index contributed by atoms with van der Waals surface area (Å²) in [5.74, 6) is 0.128. The Bertz CT molecular complexity index is 626. The van der Waals surface area contributed by atoms with Gasteiger partial charge in [-0.1, -0.05) is 20.3 Å². The van der Waals surface area contributed by atoms with Crippen molar-refractivity contribution in [2.24, 2.45) is 5.92 Å². The molecule has 0 bridgehead atoms. The number of anilines is 1. The van der Waals surface area contributed by atoms with Crippen LogP contribution in [-0.2, 0) is 26.7 Å². The lowest BCUT2D eigenvalue weighted by Crippen LogP contribution is -2.29. The Morgan fingerprint density at radius 2 is 1.76 bits per heavy atom. The molecule has 0 aliphatic heterocycles. The molecule has 6 heteroatoms. The minimum Gasteiger partial charge on any atom is -0.325 e. The van der Waals surface area contributed by atoms with E-state index in [4.69, 9.17) is 10.7 Å². The SMILES string of the molecule is CCc1cc(S(=O)(=O)Cl)cc(CC)c1NC(=O)C1CCC1. The molecule has 116 valence electrons. The predicted molar refractivity (Wildman–Crippen MR) is 84.2 cm³/mol. The molecule has 4 nitrogen and oxygen atoms in total. The van der Waals surface area contributed by atoms with Crippen LogP contribution in [0.2, 0.25) is 0 Å². The van der Waals surface area contributed by atoms with E-state index in [2.05, 4.69) is 5.32 Å². The minimum atomic E-state index is -3.76. The van der Waals surface area contributed by atoms with Crippen molar-refractivity contribution >= 4 is 31.3 Å². The molecular weight excluding hydrogens is 310 g/mol. The largest absolute Gasteiger partial charge is 0.325 e. The van der Waals surface area contributed by atoms with Crippen molar-refractivity contribution in [3.63, 3.8) is 0 Å². The molecular formula is C15H20ClNO3S. The van der Waals surface area contributed by atoms with Crippen molar-refractivity contribution < 1.29 is 13.2 Å². The van der Waals surface area contributed by atoms with Crippen molar-refractivity contribution in [1.29, 1.82) is 0 Å². The lowest BCUT2D eigenvalue weighted by Gasteiger charge is -2.25. The highest BCUT2D eigenvalue weighted by Gasteiger charge is 2.26. The highest BCUT2D eigenvalue weighted by Crippen LogP contribution is 2.32. The van der Waals surface area contributed by atoms with Crippen LogP contribution in [0.4, 0.5) is 5.69 Å². The monoisotopic (exact) mass is 329 g/mol. The molecule has 21 heavy (non-hydrogen) atoms. The first-order valence-corrected chi connectivity index (χ1v) is 9.59. The number of hydrogen-bond acceptors (Lipinski definition) is 3. The topological polar surface area (TPSA) is 63.2 Å². The zero-order valence-electron chi connectivity index (χ0n) is 12.3.